The summed E-state index contributed by atoms with van der Waals surface area (Å²) in [4.78, 5) is 4.49. The van der Waals surface area contributed by atoms with Crippen LogP contribution in [-0.4, -0.2) is 45.0 Å². The topological polar surface area (TPSA) is 54.9 Å². The lowest BCUT2D eigenvalue weighted by atomic mass is 10.2. The molecule has 0 spiro atoms. The van der Waals surface area contributed by atoms with Gasteiger partial charge >= 0.3 is 0 Å². The van der Waals surface area contributed by atoms with Crippen molar-refractivity contribution < 1.29 is 13.9 Å². The van der Waals surface area contributed by atoms with Crippen LogP contribution >= 0.6 is 15.9 Å². The molecule has 0 amide bonds. The maximum absolute atomic E-state index is 13.5. The lowest BCUT2D eigenvalue weighted by Gasteiger charge is -2.12. The second-order valence-electron chi connectivity index (χ2n) is 5.93. The zero-order valence-corrected chi connectivity index (χ0v) is 16.3. The Hall–Kier alpha value is -1.18. The van der Waals surface area contributed by atoms with Crippen molar-refractivity contribution in [3.05, 3.63) is 34.1 Å². The van der Waals surface area contributed by atoms with Crippen LogP contribution in [0.5, 0.6) is 0 Å². The molecule has 1 fully saturated rings. The van der Waals surface area contributed by atoms with Gasteiger partial charge in [0.15, 0.2) is 5.96 Å². The second-order valence-corrected chi connectivity index (χ2v) is 6.79. The molecule has 1 unspecified atom stereocenters. The molecule has 140 valence electrons. The van der Waals surface area contributed by atoms with Crippen molar-refractivity contribution in [1.29, 1.82) is 0 Å². The number of aliphatic imine (C=N–C) groups is 1. The summed E-state index contributed by atoms with van der Waals surface area (Å²) in [6.45, 7) is 6.23. The Morgan fingerprint density at radius 2 is 2.32 bits per heavy atom. The van der Waals surface area contributed by atoms with E-state index >= 15 is 0 Å². The van der Waals surface area contributed by atoms with Crippen LogP contribution in [0.25, 0.3) is 0 Å². The molecule has 2 N–H and O–H groups in total. The quantitative estimate of drug-likeness (QED) is 0.369. The third kappa shape index (κ3) is 7.71. The first-order chi connectivity index (χ1) is 12.2. The number of nitrogens with zero attached hydrogens (tertiary/aromatic N) is 1. The zero-order chi connectivity index (χ0) is 17.9. The van der Waals surface area contributed by atoms with Gasteiger partial charge in [-0.1, -0.05) is 6.07 Å². The molecule has 0 bridgehead atoms. The van der Waals surface area contributed by atoms with Crippen LogP contribution in [0.1, 0.15) is 31.7 Å². The first kappa shape index (κ1) is 20.1. The van der Waals surface area contributed by atoms with Gasteiger partial charge in [-0.25, -0.2) is 9.38 Å². The van der Waals surface area contributed by atoms with Crippen LogP contribution in [-0.2, 0) is 16.0 Å². The molecule has 2 rings (SSSR count). The minimum Gasteiger partial charge on any atom is -0.379 e. The van der Waals surface area contributed by atoms with Crippen molar-refractivity contribution in [1.82, 2.24) is 10.6 Å². The standard InChI is InChI=1S/C18H27BrFN3O2/c1-2-21-18(23-12-14-6-7-16(19)17(20)11-14)22-8-4-9-24-13-15-5-3-10-25-15/h6-7,11,15H,2-5,8-10,12-13H2,1H3,(H2,21,22,23). The highest BCUT2D eigenvalue weighted by Gasteiger charge is 2.14. The van der Waals surface area contributed by atoms with Gasteiger partial charge in [0.05, 0.1) is 23.7 Å². The summed E-state index contributed by atoms with van der Waals surface area (Å²) in [6.07, 6.45) is 3.41. The van der Waals surface area contributed by atoms with E-state index in [1.165, 1.54) is 6.07 Å². The second kappa shape index (κ2) is 11.4. The van der Waals surface area contributed by atoms with E-state index in [2.05, 4.69) is 31.6 Å². The highest BCUT2D eigenvalue weighted by molar-refractivity contribution is 9.10. The molecule has 1 aromatic rings. The maximum Gasteiger partial charge on any atom is 0.191 e. The molecule has 25 heavy (non-hydrogen) atoms. The van der Waals surface area contributed by atoms with Crippen molar-refractivity contribution in [2.24, 2.45) is 4.99 Å². The molecule has 0 radical (unpaired) electrons. The summed E-state index contributed by atoms with van der Waals surface area (Å²) in [5.41, 5.74) is 0.831. The molecule has 1 aromatic carbocycles. The van der Waals surface area contributed by atoms with E-state index in [1.807, 2.05) is 13.0 Å². The van der Waals surface area contributed by atoms with Crippen LogP contribution in [0, 0.1) is 5.82 Å². The fraction of sp³-hybridized carbons (Fsp3) is 0.611. The van der Waals surface area contributed by atoms with E-state index < -0.39 is 0 Å². The summed E-state index contributed by atoms with van der Waals surface area (Å²) in [5, 5.41) is 6.46. The minimum absolute atomic E-state index is 0.269. The van der Waals surface area contributed by atoms with Crippen molar-refractivity contribution >= 4 is 21.9 Å². The lowest BCUT2D eigenvalue weighted by molar-refractivity contribution is 0.0168. The number of ether oxygens (including phenoxy) is 2. The van der Waals surface area contributed by atoms with Crippen LogP contribution < -0.4 is 10.6 Å². The average Bonchev–Trinajstić information content (AvgIpc) is 3.12. The number of rotatable bonds is 9. The number of benzene rings is 1. The average molecular weight is 416 g/mol. The highest BCUT2D eigenvalue weighted by Crippen LogP contribution is 2.16. The number of halogens is 2. The van der Waals surface area contributed by atoms with E-state index in [0.717, 1.165) is 50.5 Å². The van der Waals surface area contributed by atoms with E-state index in [0.29, 0.717) is 24.2 Å². The molecule has 1 atom stereocenters. The van der Waals surface area contributed by atoms with Crippen LogP contribution in [0.4, 0.5) is 4.39 Å². The summed E-state index contributed by atoms with van der Waals surface area (Å²) in [5.74, 6) is 0.457. The lowest BCUT2D eigenvalue weighted by Crippen LogP contribution is -2.38. The molecule has 7 heteroatoms. The molecular formula is C18H27BrFN3O2. The molecule has 0 aliphatic carbocycles. The summed E-state index contributed by atoms with van der Waals surface area (Å²) in [6, 6.07) is 5.06. The molecule has 0 aromatic heterocycles. The van der Waals surface area contributed by atoms with Gasteiger partial charge in [0, 0.05) is 26.3 Å². The molecule has 1 aliphatic rings. The Balaban J connectivity index is 1.67. The van der Waals surface area contributed by atoms with Crippen LogP contribution in [0.15, 0.2) is 27.7 Å². The van der Waals surface area contributed by atoms with Crippen molar-refractivity contribution in [2.45, 2.75) is 38.8 Å². The zero-order valence-electron chi connectivity index (χ0n) is 14.7. The SMILES string of the molecule is CCNC(=NCc1ccc(Br)c(F)c1)NCCCOCC1CCCO1. The number of guanidine groups is 1. The summed E-state index contributed by atoms with van der Waals surface area (Å²) >= 11 is 3.16. The monoisotopic (exact) mass is 415 g/mol. The van der Waals surface area contributed by atoms with Gasteiger partial charge in [-0.3, -0.25) is 0 Å². The first-order valence-corrected chi connectivity index (χ1v) is 9.63. The molecular weight excluding hydrogens is 389 g/mol. The minimum atomic E-state index is -0.269. The molecule has 1 heterocycles. The molecule has 5 nitrogen and oxygen atoms in total. The highest BCUT2D eigenvalue weighted by atomic mass is 79.9. The Morgan fingerprint density at radius 3 is 3.04 bits per heavy atom. The largest absolute Gasteiger partial charge is 0.379 e. The predicted molar refractivity (Wildman–Crippen MR) is 101 cm³/mol. The molecule has 0 saturated carbocycles. The fourth-order valence-electron chi connectivity index (χ4n) is 2.52. The summed E-state index contributed by atoms with van der Waals surface area (Å²) in [7, 11) is 0. The van der Waals surface area contributed by atoms with Gasteiger partial charge in [0.2, 0.25) is 0 Å². The third-order valence-electron chi connectivity index (χ3n) is 3.83. The van der Waals surface area contributed by atoms with E-state index in [9.17, 15) is 4.39 Å². The van der Waals surface area contributed by atoms with Gasteiger partial charge in [0.1, 0.15) is 5.82 Å². The number of nitrogens with one attached hydrogen (secondary N) is 2. The van der Waals surface area contributed by atoms with E-state index in [1.54, 1.807) is 6.07 Å². The Bertz CT molecular complexity index is 551. The van der Waals surface area contributed by atoms with Gasteiger partial charge in [-0.05, 0) is 59.8 Å². The fourth-order valence-corrected chi connectivity index (χ4v) is 2.77. The Kier molecular flexibility index (Phi) is 9.21. The molecule has 1 aliphatic heterocycles. The molecule has 1 saturated heterocycles. The van der Waals surface area contributed by atoms with Gasteiger partial charge in [-0.2, -0.15) is 0 Å². The third-order valence-corrected chi connectivity index (χ3v) is 4.48. The van der Waals surface area contributed by atoms with Gasteiger partial charge in [0.25, 0.3) is 0 Å². The predicted octanol–water partition coefficient (Wildman–Crippen LogP) is 3.23. The normalized spacial score (nSPS) is 17.7. The van der Waals surface area contributed by atoms with E-state index in [4.69, 9.17) is 9.47 Å². The van der Waals surface area contributed by atoms with Crippen molar-refractivity contribution in [3.63, 3.8) is 0 Å². The van der Waals surface area contributed by atoms with Crippen molar-refractivity contribution in [3.8, 4) is 0 Å². The van der Waals surface area contributed by atoms with Gasteiger partial charge in [-0.15, -0.1) is 0 Å². The van der Waals surface area contributed by atoms with Gasteiger partial charge < -0.3 is 20.1 Å². The van der Waals surface area contributed by atoms with Crippen LogP contribution in [0.3, 0.4) is 0 Å². The van der Waals surface area contributed by atoms with Crippen molar-refractivity contribution in [2.75, 3.05) is 32.9 Å². The number of hydrogen-bond donors (Lipinski definition) is 2. The first-order valence-electron chi connectivity index (χ1n) is 8.84. The van der Waals surface area contributed by atoms with Crippen LogP contribution in [0.2, 0.25) is 0 Å². The smallest absolute Gasteiger partial charge is 0.191 e. The maximum atomic E-state index is 13.5. The Labute approximate surface area is 157 Å². The number of hydrogen-bond acceptors (Lipinski definition) is 3. The Morgan fingerprint density at radius 1 is 1.44 bits per heavy atom. The van der Waals surface area contributed by atoms with E-state index in [-0.39, 0.29) is 11.9 Å². The summed E-state index contributed by atoms with van der Waals surface area (Å²) < 4.78 is 25.2.